The van der Waals surface area contributed by atoms with Crippen LogP contribution in [-0.4, -0.2) is 36.5 Å². The third-order valence-electron chi connectivity index (χ3n) is 2.50. The van der Waals surface area contributed by atoms with Gasteiger partial charge in [-0.25, -0.2) is 4.79 Å². The topological polar surface area (TPSA) is 46.6 Å². The first kappa shape index (κ1) is 11.8. The van der Waals surface area contributed by atoms with Gasteiger partial charge < -0.3 is 9.64 Å². The van der Waals surface area contributed by atoms with Crippen molar-refractivity contribution >= 4 is 11.9 Å². The summed E-state index contributed by atoms with van der Waals surface area (Å²) in [6.45, 7) is 6.69. The van der Waals surface area contributed by atoms with Crippen LogP contribution in [0.2, 0.25) is 0 Å². The lowest BCUT2D eigenvalue weighted by molar-refractivity contribution is -0.125. The standard InChI is InChI=1S/C11H17NO3/c1-3-5-9-8-12(7-6-10(9)13)11(14)15-4-2/h3,9H,1,4-8H2,2H3. The van der Waals surface area contributed by atoms with Crippen LogP contribution in [-0.2, 0) is 9.53 Å². The fourth-order valence-corrected chi connectivity index (χ4v) is 1.70. The van der Waals surface area contributed by atoms with Gasteiger partial charge in [0.25, 0.3) is 0 Å². The molecule has 1 unspecified atom stereocenters. The van der Waals surface area contributed by atoms with E-state index in [-0.39, 0.29) is 17.8 Å². The normalized spacial score (nSPS) is 21.3. The Hall–Kier alpha value is -1.32. The van der Waals surface area contributed by atoms with Gasteiger partial charge in [-0.15, -0.1) is 6.58 Å². The van der Waals surface area contributed by atoms with Crippen LogP contribution in [0.3, 0.4) is 0 Å². The molecule has 1 rings (SSSR count). The summed E-state index contributed by atoms with van der Waals surface area (Å²) in [6.07, 6.45) is 2.46. The molecule has 1 heterocycles. The largest absolute Gasteiger partial charge is 0.450 e. The second-order valence-corrected chi connectivity index (χ2v) is 3.58. The second kappa shape index (κ2) is 5.53. The average Bonchev–Trinajstić information content (AvgIpc) is 2.22. The number of ether oxygens (including phenoxy) is 1. The van der Waals surface area contributed by atoms with Gasteiger partial charge in [0, 0.05) is 25.4 Å². The maximum atomic E-state index is 11.5. The number of carbonyl (C=O) groups is 2. The molecule has 4 heteroatoms. The summed E-state index contributed by atoms with van der Waals surface area (Å²) in [4.78, 5) is 24.5. The van der Waals surface area contributed by atoms with Crippen molar-refractivity contribution < 1.29 is 14.3 Å². The van der Waals surface area contributed by atoms with Crippen LogP contribution in [0.25, 0.3) is 0 Å². The molecule has 1 fully saturated rings. The quantitative estimate of drug-likeness (QED) is 0.666. The highest BCUT2D eigenvalue weighted by Gasteiger charge is 2.29. The minimum atomic E-state index is -0.320. The van der Waals surface area contributed by atoms with Crippen LogP contribution in [0.5, 0.6) is 0 Å². The molecule has 15 heavy (non-hydrogen) atoms. The first-order chi connectivity index (χ1) is 7.19. The van der Waals surface area contributed by atoms with E-state index in [9.17, 15) is 9.59 Å². The fraction of sp³-hybridized carbons (Fsp3) is 0.636. The fourth-order valence-electron chi connectivity index (χ4n) is 1.70. The predicted octanol–water partition coefficient (Wildman–Crippen LogP) is 1.61. The molecule has 1 aliphatic rings. The Labute approximate surface area is 89.9 Å². The molecule has 84 valence electrons. The summed E-state index contributed by atoms with van der Waals surface area (Å²) < 4.78 is 4.89. The highest BCUT2D eigenvalue weighted by Crippen LogP contribution is 2.17. The first-order valence-electron chi connectivity index (χ1n) is 5.24. The summed E-state index contributed by atoms with van der Waals surface area (Å²) in [5, 5.41) is 0. The molecule has 0 spiro atoms. The van der Waals surface area contributed by atoms with Crippen molar-refractivity contribution in [1.29, 1.82) is 0 Å². The van der Waals surface area contributed by atoms with Gasteiger partial charge >= 0.3 is 6.09 Å². The molecule has 1 aliphatic heterocycles. The number of Topliss-reactive ketones (excluding diaryl/α,β-unsaturated/α-hetero) is 1. The zero-order valence-electron chi connectivity index (χ0n) is 9.07. The molecule has 0 bridgehead atoms. The first-order valence-corrected chi connectivity index (χ1v) is 5.24. The van der Waals surface area contributed by atoms with Crippen LogP contribution in [0, 0.1) is 5.92 Å². The number of allylic oxidation sites excluding steroid dienone is 1. The SMILES string of the molecule is C=CCC1CN(C(=O)OCC)CCC1=O. The van der Waals surface area contributed by atoms with E-state index >= 15 is 0 Å². The van der Waals surface area contributed by atoms with Gasteiger partial charge in [0.15, 0.2) is 0 Å². The molecule has 1 amide bonds. The van der Waals surface area contributed by atoms with Gasteiger partial charge in [-0.3, -0.25) is 4.79 Å². The summed E-state index contributed by atoms with van der Waals surface area (Å²) >= 11 is 0. The molecule has 4 nitrogen and oxygen atoms in total. The molecular weight excluding hydrogens is 194 g/mol. The molecule has 0 aliphatic carbocycles. The van der Waals surface area contributed by atoms with Crippen LogP contribution >= 0.6 is 0 Å². The summed E-state index contributed by atoms with van der Waals surface area (Å²) in [5.74, 6) is 0.121. The van der Waals surface area contributed by atoms with E-state index in [2.05, 4.69) is 6.58 Å². The third-order valence-corrected chi connectivity index (χ3v) is 2.50. The zero-order chi connectivity index (χ0) is 11.3. The number of carbonyl (C=O) groups excluding carboxylic acids is 2. The van der Waals surface area contributed by atoms with Gasteiger partial charge in [-0.05, 0) is 13.3 Å². The number of nitrogens with zero attached hydrogens (tertiary/aromatic N) is 1. The molecule has 0 aromatic rings. The molecule has 0 aromatic heterocycles. The number of hydrogen-bond acceptors (Lipinski definition) is 3. The summed E-state index contributed by atoms with van der Waals surface area (Å²) in [6, 6.07) is 0. The van der Waals surface area contributed by atoms with E-state index in [4.69, 9.17) is 4.74 Å². The number of hydrogen-bond donors (Lipinski definition) is 0. The van der Waals surface area contributed by atoms with E-state index in [1.165, 1.54) is 0 Å². The molecule has 0 radical (unpaired) electrons. The zero-order valence-corrected chi connectivity index (χ0v) is 9.07. The van der Waals surface area contributed by atoms with Crippen molar-refractivity contribution in [3.05, 3.63) is 12.7 Å². The number of rotatable bonds is 3. The highest BCUT2D eigenvalue weighted by atomic mass is 16.6. The minimum Gasteiger partial charge on any atom is -0.450 e. The van der Waals surface area contributed by atoms with Crippen molar-refractivity contribution in [3.8, 4) is 0 Å². The van der Waals surface area contributed by atoms with Gasteiger partial charge in [-0.2, -0.15) is 0 Å². The number of piperidine rings is 1. The van der Waals surface area contributed by atoms with Crippen LogP contribution in [0.4, 0.5) is 4.79 Å². The number of likely N-dealkylation sites (tertiary alicyclic amines) is 1. The van der Waals surface area contributed by atoms with E-state index in [1.54, 1.807) is 17.9 Å². The van der Waals surface area contributed by atoms with Gasteiger partial charge in [0.1, 0.15) is 5.78 Å². The lowest BCUT2D eigenvalue weighted by Gasteiger charge is -2.30. The summed E-state index contributed by atoms with van der Waals surface area (Å²) in [7, 11) is 0. The third kappa shape index (κ3) is 3.08. The number of amides is 1. The lowest BCUT2D eigenvalue weighted by atomic mass is 9.94. The Morgan fingerprint density at radius 3 is 3.07 bits per heavy atom. The van der Waals surface area contributed by atoms with Crippen molar-refractivity contribution in [3.63, 3.8) is 0 Å². The van der Waals surface area contributed by atoms with E-state index in [0.717, 1.165) is 0 Å². The van der Waals surface area contributed by atoms with Crippen LogP contribution in [0.15, 0.2) is 12.7 Å². The number of ketones is 1. The summed E-state index contributed by atoms with van der Waals surface area (Å²) in [5.41, 5.74) is 0. The van der Waals surface area contributed by atoms with E-state index in [1.807, 2.05) is 0 Å². The molecule has 0 aromatic carbocycles. The van der Waals surface area contributed by atoms with Crippen molar-refractivity contribution in [1.82, 2.24) is 4.90 Å². The highest BCUT2D eigenvalue weighted by molar-refractivity contribution is 5.84. The second-order valence-electron chi connectivity index (χ2n) is 3.58. The minimum absolute atomic E-state index is 0.0966. The molecule has 0 N–H and O–H groups in total. The Kier molecular flexibility index (Phi) is 4.34. The Bertz CT molecular complexity index is 263. The molecule has 1 atom stereocenters. The van der Waals surface area contributed by atoms with E-state index in [0.29, 0.717) is 32.5 Å². The van der Waals surface area contributed by atoms with Crippen LogP contribution < -0.4 is 0 Å². The maximum absolute atomic E-state index is 11.5. The lowest BCUT2D eigenvalue weighted by Crippen LogP contribution is -2.44. The van der Waals surface area contributed by atoms with Gasteiger partial charge in [-0.1, -0.05) is 6.08 Å². The van der Waals surface area contributed by atoms with Crippen molar-refractivity contribution in [2.75, 3.05) is 19.7 Å². The molecular formula is C11H17NO3. The monoisotopic (exact) mass is 211 g/mol. The average molecular weight is 211 g/mol. The maximum Gasteiger partial charge on any atom is 0.409 e. The Morgan fingerprint density at radius 1 is 1.73 bits per heavy atom. The Balaban J connectivity index is 2.53. The molecule has 0 saturated carbocycles. The van der Waals surface area contributed by atoms with Gasteiger partial charge in [0.2, 0.25) is 0 Å². The van der Waals surface area contributed by atoms with Crippen LogP contribution in [0.1, 0.15) is 19.8 Å². The molecule has 1 saturated heterocycles. The van der Waals surface area contributed by atoms with Gasteiger partial charge in [0.05, 0.1) is 6.61 Å². The van der Waals surface area contributed by atoms with E-state index < -0.39 is 0 Å². The smallest absolute Gasteiger partial charge is 0.409 e. The van der Waals surface area contributed by atoms with Crippen molar-refractivity contribution in [2.45, 2.75) is 19.8 Å². The Morgan fingerprint density at radius 2 is 2.47 bits per heavy atom. The van der Waals surface area contributed by atoms with Crippen molar-refractivity contribution in [2.24, 2.45) is 5.92 Å². The predicted molar refractivity (Wildman–Crippen MR) is 56.5 cm³/mol.